The number of rotatable bonds is 6. The molecule has 1 aromatic carbocycles. The number of amides is 2. The fourth-order valence-electron chi connectivity index (χ4n) is 2.61. The maximum atomic E-state index is 13.9. The number of benzene rings is 1. The average molecular weight is 400 g/mol. The van der Waals surface area contributed by atoms with Crippen LogP contribution >= 0.6 is 15.9 Å². The van der Waals surface area contributed by atoms with Crippen LogP contribution in [0.25, 0.3) is 0 Å². The summed E-state index contributed by atoms with van der Waals surface area (Å²) in [4.78, 5) is 27.9. The van der Waals surface area contributed by atoms with Crippen LogP contribution in [0.3, 0.4) is 0 Å². The summed E-state index contributed by atoms with van der Waals surface area (Å²) in [5.74, 6) is -0.804. The van der Waals surface area contributed by atoms with Gasteiger partial charge in [0.1, 0.15) is 5.82 Å². The molecule has 5 nitrogen and oxygen atoms in total. The molecular weight excluding hydrogens is 377 g/mol. The fraction of sp³-hybridized carbons (Fsp3) is 0.529. The van der Waals surface area contributed by atoms with Crippen molar-refractivity contribution in [3.63, 3.8) is 0 Å². The third-order valence-electron chi connectivity index (χ3n) is 4.04. The highest BCUT2D eigenvalue weighted by molar-refractivity contribution is 9.10. The molecule has 0 spiro atoms. The summed E-state index contributed by atoms with van der Waals surface area (Å²) in [7, 11) is 0. The lowest BCUT2D eigenvalue weighted by atomic mass is 10.1. The van der Waals surface area contributed by atoms with E-state index in [9.17, 15) is 14.0 Å². The van der Waals surface area contributed by atoms with Crippen LogP contribution in [0, 0.1) is 5.82 Å². The molecule has 132 valence electrons. The summed E-state index contributed by atoms with van der Waals surface area (Å²) in [6, 6.07) is 4.45. The van der Waals surface area contributed by atoms with Gasteiger partial charge in [0.25, 0.3) is 5.91 Å². The Labute approximate surface area is 150 Å². The quantitative estimate of drug-likeness (QED) is 0.746. The fourth-order valence-corrected chi connectivity index (χ4v) is 2.94. The second kappa shape index (κ2) is 9.13. The maximum absolute atomic E-state index is 13.9. The Balaban J connectivity index is 1.81. The summed E-state index contributed by atoms with van der Waals surface area (Å²) >= 11 is 3.19. The Morgan fingerprint density at radius 2 is 1.96 bits per heavy atom. The van der Waals surface area contributed by atoms with Crippen molar-refractivity contribution in [1.29, 1.82) is 0 Å². The molecule has 1 aromatic rings. The van der Waals surface area contributed by atoms with Gasteiger partial charge in [-0.15, -0.1) is 0 Å². The van der Waals surface area contributed by atoms with Crippen LogP contribution in [-0.4, -0.2) is 60.9 Å². The molecule has 2 amide bonds. The summed E-state index contributed by atoms with van der Waals surface area (Å²) in [5.41, 5.74) is 0.0870. The van der Waals surface area contributed by atoms with Crippen LogP contribution < -0.4 is 5.32 Å². The molecule has 24 heavy (non-hydrogen) atoms. The van der Waals surface area contributed by atoms with Crippen LogP contribution in [0.4, 0.5) is 4.39 Å². The molecule has 1 aliphatic rings. The van der Waals surface area contributed by atoms with Gasteiger partial charge in [0.15, 0.2) is 0 Å². The molecule has 0 bridgehead atoms. The smallest absolute Gasteiger partial charge is 0.256 e. The molecule has 0 aliphatic carbocycles. The topological polar surface area (TPSA) is 52.7 Å². The van der Waals surface area contributed by atoms with Crippen LogP contribution in [-0.2, 0) is 4.79 Å². The maximum Gasteiger partial charge on any atom is 0.256 e. The Morgan fingerprint density at radius 3 is 2.58 bits per heavy atom. The van der Waals surface area contributed by atoms with Gasteiger partial charge in [-0.3, -0.25) is 14.5 Å². The minimum atomic E-state index is -0.521. The van der Waals surface area contributed by atoms with E-state index in [1.807, 2.05) is 4.90 Å². The molecule has 1 saturated heterocycles. The molecule has 1 N–H and O–H groups in total. The average Bonchev–Trinajstić information content (AvgIpc) is 2.55. The van der Waals surface area contributed by atoms with Crippen molar-refractivity contribution in [3.8, 4) is 0 Å². The minimum Gasteiger partial charge on any atom is -0.355 e. The SMILES string of the molecule is CCCCNC(=O)CN1CCN(C(=O)c2ccc(Br)cc2F)CC1. The van der Waals surface area contributed by atoms with E-state index < -0.39 is 5.82 Å². The molecule has 0 atom stereocenters. The van der Waals surface area contributed by atoms with E-state index in [0.717, 1.165) is 12.8 Å². The molecule has 0 unspecified atom stereocenters. The van der Waals surface area contributed by atoms with E-state index in [0.29, 0.717) is 43.7 Å². The minimum absolute atomic E-state index is 0.0159. The number of carbonyl (C=O) groups excluding carboxylic acids is 2. The third-order valence-corrected chi connectivity index (χ3v) is 4.53. The standard InChI is InChI=1S/C17H23BrFN3O2/c1-2-3-6-20-16(23)12-21-7-9-22(10-8-21)17(24)14-5-4-13(18)11-15(14)19/h4-5,11H,2-3,6-10,12H2,1H3,(H,20,23). The van der Waals surface area contributed by atoms with E-state index >= 15 is 0 Å². The van der Waals surface area contributed by atoms with Gasteiger partial charge >= 0.3 is 0 Å². The lowest BCUT2D eigenvalue weighted by Crippen LogP contribution is -2.51. The van der Waals surface area contributed by atoms with Crippen molar-refractivity contribution in [2.24, 2.45) is 0 Å². The Kier molecular flexibility index (Phi) is 7.17. The van der Waals surface area contributed by atoms with E-state index in [1.165, 1.54) is 12.1 Å². The van der Waals surface area contributed by atoms with Crippen molar-refractivity contribution >= 4 is 27.7 Å². The predicted molar refractivity (Wildman–Crippen MR) is 94.4 cm³/mol. The first-order chi connectivity index (χ1) is 11.5. The van der Waals surface area contributed by atoms with Gasteiger partial charge in [0, 0.05) is 37.2 Å². The number of halogens is 2. The molecular formula is C17H23BrFN3O2. The van der Waals surface area contributed by atoms with Gasteiger partial charge in [-0.05, 0) is 24.6 Å². The molecule has 0 aromatic heterocycles. The van der Waals surface area contributed by atoms with Crippen molar-refractivity contribution in [3.05, 3.63) is 34.1 Å². The highest BCUT2D eigenvalue weighted by Gasteiger charge is 2.24. The molecule has 0 radical (unpaired) electrons. The molecule has 1 heterocycles. The molecule has 0 saturated carbocycles. The van der Waals surface area contributed by atoms with Gasteiger partial charge in [-0.25, -0.2) is 4.39 Å². The first-order valence-electron chi connectivity index (χ1n) is 8.24. The first-order valence-corrected chi connectivity index (χ1v) is 9.04. The third kappa shape index (κ3) is 5.27. The zero-order chi connectivity index (χ0) is 17.5. The largest absolute Gasteiger partial charge is 0.355 e. The second-order valence-corrected chi connectivity index (χ2v) is 6.81. The molecule has 7 heteroatoms. The Hall–Kier alpha value is -1.47. The number of nitrogens with one attached hydrogen (secondary N) is 1. The predicted octanol–water partition coefficient (Wildman–Crippen LogP) is 2.26. The summed E-state index contributed by atoms with van der Waals surface area (Å²) in [6.45, 7) is 5.36. The van der Waals surface area contributed by atoms with Crippen molar-refractivity contribution in [1.82, 2.24) is 15.1 Å². The van der Waals surface area contributed by atoms with Crippen molar-refractivity contribution in [2.75, 3.05) is 39.3 Å². The van der Waals surface area contributed by atoms with Gasteiger partial charge < -0.3 is 10.2 Å². The van der Waals surface area contributed by atoms with Crippen molar-refractivity contribution < 1.29 is 14.0 Å². The van der Waals surface area contributed by atoms with Gasteiger partial charge in [0.05, 0.1) is 12.1 Å². The van der Waals surface area contributed by atoms with E-state index in [1.54, 1.807) is 11.0 Å². The van der Waals surface area contributed by atoms with Crippen LogP contribution in [0.2, 0.25) is 0 Å². The van der Waals surface area contributed by atoms with Gasteiger partial charge in [0.2, 0.25) is 5.91 Å². The summed E-state index contributed by atoms with van der Waals surface area (Å²) < 4.78 is 14.5. The highest BCUT2D eigenvalue weighted by atomic mass is 79.9. The summed E-state index contributed by atoms with van der Waals surface area (Å²) in [6.07, 6.45) is 2.03. The lowest BCUT2D eigenvalue weighted by molar-refractivity contribution is -0.122. The van der Waals surface area contributed by atoms with Crippen molar-refractivity contribution in [2.45, 2.75) is 19.8 Å². The van der Waals surface area contributed by atoms with Crippen LogP contribution in [0.1, 0.15) is 30.1 Å². The number of hydrogen-bond acceptors (Lipinski definition) is 3. The Bertz CT molecular complexity index is 589. The van der Waals surface area contributed by atoms with Crippen LogP contribution in [0.5, 0.6) is 0 Å². The monoisotopic (exact) mass is 399 g/mol. The highest BCUT2D eigenvalue weighted by Crippen LogP contribution is 2.17. The number of piperazine rings is 1. The van der Waals surface area contributed by atoms with E-state index in [-0.39, 0.29) is 17.4 Å². The van der Waals surface area contributed by atoms with Gasteiger partial charge in [-0.2, -0.15) is 0 Å². The second-order valence-electron chi connectivity index (χ2n) is 5.90. The molecule has 1 fully saturated rings. The zero-order valence-corrected chi connectivity index (χ0v) is 15.4. The number of carbonyl (C=O) groups is 2. The molecule has 2 rings (SSSR count). The van der Waals surface area contributed by atoms with Crippen LogP contribution in [0.15, 0.2) is 22.7 Å². The lowest BCUT2D eigenvalue weighted by Gasteiger charge is -2.34. The van der Waals surface area contributed by atoms with Gasteiger partial charge in [-0.1, -0.05) is 29.3 Å². The zero-order valence-electron chi connectivity index (χ0n) is 13.9. The Morgan fingerprint density at radius 1 is 1.25 bits per heavy atom. The molecule has 1 aliphatic heterocycles. The van der Waals surface area contributed by atoms with E-state index in [2.05, 4.69) is 28.2 Å². The normalized spacial score (nSPS) is 15.4. The number of hydrogen-bond donors (Lipinski definition) is 1. The summed E-state index contributed by atoms with van der Waals surface area (Å²) in [5, 5.41) is 2.89. The number of unbranched alkanes of at least 4 members (excludes halogenated alkanes) is 1. The van der Waals surface area contributed by atoms with E-state index in [4.69, 9.17) is 0 Å². The number of nitrogens with zero attached hydrogens (tertiary/aromatic N) is 2. The first kappa shape index (κ1) is 18.9.